The average Bonchev–Trinajstić information content (AvgIpc) is 2.69. The first-order valence-corrected chi connectivity index (χ1v) is 10.2. The van der Waals surface area contributed by atoms with Gasteiger partial charge in [-0.05, 0) is 55.7 Å². The van der Waals surface area contributed by atoms with Crippen LogP contribution in [0.3, 0.4) is 0 Å². The molecule has 1 atom stereocenters. The van der Waals surface area contributed by atoms with Crippen LogP contribution in [0.15, 0.2) is 48.5 Å². The number of hydrogen-bond donors (Lipinski definition) is 1. The predicted octanol–water partition coefficient (Wildman–Crippen LogP) is 4.22. The van der Waals surface area contributed by atoms with Crippen LogP contribution in [0.1, 0.15) is 38.3 Å². The Kier molecular flexibility index (Phi) is 8.52. The largest absolute Gasteiger partial charge is 0.497 e. The second kappa shape index (κ2) is 10.9. The SMILES string of the molecule is CCC(C(=O)NC(C)C)N(Cc1ccc(Cl)cc1)C(=O)Cc1ccc(OC)cc1. The summed E-state index contributed by atoms with van der Waals surface area (Å²) in [6.45, 7) is 6.08. The molecule has 0 saturated carbocycles. The lowest BCUT2D eigenvalue weighted by atomic mass is 10.1. The van der Waals surface area contributed by atoms with Crippen LogP contribution in [-0.4, -0.2) is 35.9 Å². The summed E-state index contributed by atoms with van der Waals surface area (Å²) in [6.07, 6.45) is 0.740. The van der Waals surface area contributed by atoms with Gasteiger partial charge in [-0.25, -0.2) is 0 Å². The van der Waals surface area contributed by atoms with Crippen molar-refractivity contribution >= 4 is 23.4 Å². The molecule has 2 amide bonds. The minimum Gasteiger partial charge on any atom is -0.497 e. The quantitative estimate of drug-likeness (QED) is 0.665. The van der Waals surface area contributed by atoms with E-state index >= 15 is 0 Å². The van der Waals surface area contributed by atoms with Gasteiger partial charge in [-0.2, -0.15) is 0 Å². The third-order valence-corrected chi connectivity index (χ3v) is 4.85. The van der Waals surface area contributed by atoms with Gasteiger partial charge in [0.1, 0.15) is 11.8 Å². The highest BCUT2D eigenvalue weighted by molar-refractivity contribution is 6.30. The van der Waals surface area contributed by atoms with Crippen LogP contribution in [0.4, 0.5) is 0 Å². The predicted molar refractivity (Wildman–Crippen MR) is 116 cm³/mol. The van der Waals surface area contributed by atoms with Gasteiger partial charge >= 0.3 is 0 Å². The number of ether oxygens (including phenoxy) is 1. The molecule has 0 aromatic heterocycles. The van der Waals surface area contributed by atoms with Gasteiger partial charge < -0.3 is 15.0 Å². The summed E-state index contributed by atoms with van der Waals surface area (Å²) >= 11 is 5.99. The fraction of sp³-hybridized carbons (Fsp3) is 0.391. The van der Waals surface area contributed by atoms with E-state index in [9.17, 15) is 9.59 Å². The maximum Gasteiger partial charge on any atom is 0.243 e. The van der Waals surface area contributed by atoms with Crippen LogP contribution in [0.2, 0.25) is 5.02 Å². The molecule has 5 nitrogen and oxygen atoms in total. The van der Waals surface area contributed by atoms with E-state index < -0.39 is 6.04 Å². The van der Waals surface area contributed by atoms with Gasteiger partial charge in [-0.3, -0.25) is 9.59 Å². The van der Waals surface area contributed by atoms with E-state index in [0.29, 0.717) is 18.0 Å². The summed E-state index contributed by atoms with van der Waals surface area (Å²) in [4.78, 5) is 27.6. The molecule has 0 aliphatic rings. The molecular formula is C23H29ClN2O3. The van der Waals surface area contributed by atoms with Gasteiger partial charge in [0.25, 0.3) is 0 Å². The van der Waals surface area contributed by atoms with E-state index in [-0.39, 0.29) is 24.3 Å². The first-order valence-electron chi connectivity index (χ1n) is 9.81. The molecule has 2 aromatic carbocycles. The molecule has 0 fully saturated rings. The average molecular weight is 417 g/mol. The molecule has 0 radical (unpaired) electrons. The van der Waals surface area contributed by atoms with Crippen LogP contribution in [-0.2, 0) is 22.6 Å². The van der Waals surface area contributed by atoms with Crippen molar-refractivity contribution < 1.29 is 14.3 Å². The highest BCUT2D eigenvalue weighted by Crippen LogP contribution is 2.18. The summed E-state index contributed by atoms with van der Waals surface area (Å²) in [7, 11) is 1.60. The van der Waals surface area contributed by atoms with Gasteiger partial charge in [0.15, 0.2) is 0 Å². The molecule has 2 rings (SSSR count). The molecule has 1 unspecified atom stereocenters. The van der Waals surface area contributed by atoms with E-state index in [1.807, 2.05) is 57.2 Å². The number of rotatable bonds is 9. The molecule has 0 aliphatic heterocycles. The Labute approximate surface area is 178 Å². The first-order chi connectivity index (χ1) is 13.8. The van der Waals surface area contributed by atoms with E-state index in [4.69, 9.17) is 16.3 Å². The fourth-order valence-corrected chi connectivity index (χ4v) is 3.23. The topological polar surface area (TPSA) is 58.6 Å². The van der Waals surface area contributed by atoms with Crippen molar-refractivity contribution in [2.24, 2.45) is 0 Å². The zero-order chi connectivity index (χ0) is 21.4. The van der Waals surface area contributed by atoms with Crippen LogP contribution in [0.25, 0.3) is 0 Å². The van der Waals surface area contributed by atoms with Gasteiger partial charge in [0.05, 0.1) is 13.5 Å². The van der Waals surface area contributed by atoms with Gasteiger partial charge in [-0.15, -0.1) is 0 Å². The summed E-state index contributed by atoms with van der Waals surface area (Å²) in [5.41, 5.74) is 1.80. The molecule has 0 spiro atoms. The minimum absolute atomic E-state index is 0.00521. The maximum absolute atomic E-state index is 13.2. The summed E-state index contributed by atoms with van der Waals surface area (Å²) in [6, 6.07) is 14.2. The lowest BCUT2D eigenvalue weighted by molar-refractivity contribution is -0.141. The number of carbonyl (C=O) groups is 2. The van der Waals surface area contributed by atoms with Crippen LogP contribution in [0, 0.1) is 0 Å². The molecule has 0 bridgehead atoms. The highest BCUT2D eigenvalue weighted by atomic mass is 35.5. The monoisotopic (exact) mass is 416 g/mol. The van der Waals surface area contributed by atoms with Crippen molar-refractivity contribution in [2.45, 2.75) is 52.2 Å². The number of hydrogen-bond acceptors (Lipinski definition) is 3. The van der Waals surface area contributed by atoms with Gasteiger partial charge in [0, 0.05) is 17.6 Å². The van der Waals surface area contributed by atoms with Gasteiger partial charge in [0.2, 0.25) is 11.8 Å². The number of halogens is 1. The number of nitrogens with one attached hydrogen (secondary N) is 1. The number of nitrogens with zero attached hydrogens (tertiary/aromatic N) is 1. The summed E-state index contributed by atoms with van der Waals surface area (Å²) < 4.78 is 5.18. The lowest BCUT2D eigenvalue weighted by Gasteiger charge is -2.31. The van der Waals surface area contributed by atoms with Crippen molar-refractivity contribution in [1.29, 1.82) is 0 Å². The Morgan fingerprint density at radius 1 is 1.03 bits per heavy atom. The first kappa shape index (κ1) is 22.8. The van der Waals surface area contributed by atoms with Crippen LogP contribution in [0.5, 0.6) is 5.75 Å². The molecule has 1 N–H and O–H groups in total. The number of carbonyl (C=O) groups excluding carboxylic acids is 2. The normalized spacial score (nSPS) is 11.8. The Hall–Kier alpha value is -2.53. The molecule has 0 aliphatic carbocycles. The molecular weight excluding hydrogens is 388 g/mol. The zero-order valence-corrected chi connectivity index (χ0v) is 18.2. The van der Waals surface area contributed by atoms with E-state index in [2.05, 4.69) is 5.32 Å². The number of benzene rings is 2. The van der Waals surface area contributed by atoms with Crippen molar-refractivity contribution in [2.75, 3.05) is 7.11 Å². The second-order valence-electron chi connectivity index (χ2n) is 7.26. The highest BCUT2D eigenvalue weighted by Gasteiger charge is 2.29. The summed E-state index contributed by atoms with van der Waals surface area (Å²) in [5.74, 6) is 0.498. The smallest absolute Gasteiger partial charge is 0.243 e. The number of methoxy groups -OCH3 is 1. The maximum atomic E-state index is 13.2. The van der Waals surface area contributed by atoms with Crippen molar-refractivity contribution in [3.63, 3.8) is 0 Å². The Balaban J connectivity index is 2.26. The molecule has 2 aromatic rings. The lowest BCUT2D eigenvalue weighted by Crippen LogP contribution is -2.50. The molecule has 0 heterocycles. The van der Waals surface area contributed by atoms with E-state index in [1.165, 1.54) is 0 Å². The standard InChI is InChI=1S/C23H29ClN2O3/c1-5-21(23(28)25-16(2)3)26(15-18-6-10-19(24)11-7-18)22(27)14-17-8-12-20(29-4)13-9-17/h6-13,16,21H,5,14-15H2,1-4H3,(H,25,28). The zero-order valence-electron chi connectivity index (χ0n) is 17.4. The molecule has 6 heteroatoms. The van der Waals surface area contributed by atoms with E-state index in [1.54, 1.807) is 24.1 Å². The Bertz CT molecular complexity index is 804. The molecule has 156 valence electrons. The second-order valence-corrected chi connectivity index (χ2v) is 7.70. The van der Waals surface area contributed by atoms with Crippen molar-refractivity contribution in [3.05, 3.63) is 64.7 Å². The number of amides is 2. The van der Waals surface area contributed by atoms with Crippen molar-refractivity contribution in [3.8, 4) is 5.75 Å². The minimum atomic E-state index is -0.543. The van der Waals surface area contributed by atoms with Crippen LogP contribution >= 0.6 is 11.6 Å². The Morgan fingerprint density at radius 3 is 2.14 bits per heavy atom. The van der Waals surface area contributed by atoms with Gasteiger partial charge in [-0.1, -0.05) is 42.8 Å². The third kappa shape index (κ3) is 6.79. The Morgan fingerprint density at radius 2 is 1.62 bits per heavy atom. The third-order valence-electron chi connectivity index (χ3n) is 4.60. The fourth-order valence-electron chi connectivity index (χ4n) is 3.11. The molecule has 0 saturated heterocycles. The summed E-state index contributed by atoms with van der Waals surface area (Å²) in [5, 5.41) is 3.57. The van der Waals surface area contributed by atoms with Crippen LogP contribution < -0.4 is 10.1 Å². The molecule has 29 heavy (non-hydrogen) atoms. The van der Waals surface area contributed by atoms with E-state index in [0.717, 1.165) is 16.9 Å². The van der Waals surface area contributed by atoms with Crippen molar-refractivity contribution in [1.82, 2.24) is 10.2 Å².